The van der Waals surface area contributed by atoms with Crippen LogP contribution in [0.25, 0.3) is 0 Å². The predicted molar refractivity (Wildman–Crippen MR) is 87.1 cm³/mol. The van der Waals surface area contributed by atoms with Gasteiger partial charge < -0.3 is 0 Å². The molecule has 20 heavy (non-hydrogen) atoms. The standard InChI is InChI=1S/C19H26O/c1-14(2)10-11-19(6,12-15(3)13-20)18-9-7-8-16(4)17(18)5/h7-10,12-13H,11H2,1-6H3/b15-12+. The zero-order valence-corrected chi connectivity index (χ0v) is 13.6. The fourth-order valence-corrected chi connectivity index (χ4v) is 2.57. The molecule has 0 saturated carbocycles. The van der Waals surface area contributed by atoms with Crippen LogP contribution in [0.4, 0.5) is 0 Å². The first kappa shape index (κ1) is 16.4. The van der Waals surface area contributed by atoms with Crippen molar-refractivity contribution in [2.45, 2.75) is 53.4 Å². The van der Waals surface area contributed by atoms with Gasteiger partial charge in [-0.25, -0.2) is 0 Å². The van der Waals surface area contributed by atoms with Gasteiger partial charge in [-0.1, -0.05) is 42.8 Å². The lowest BCUT2D eigenvalue weighted by Crippen LogP contribution is -2.21. The molecule has 1 nitrogen and oxygen atoms in total. The summed E-state index contributed by atoms with van der Waals surface area (Å²) in [6.45, 7) is 12.6. The molecule has 0 amide bonds. The summed E-state index contributed by atoms with van der Waals surface area (Å²) < 4.78 is 0. The third kappa shape index (κ3) is 3.93. The van der Waals surface area contributed by atoms with Gasteiger partial charge in [0.1, 0.15) is 6.29 Å². The molecular formula is C19H26O. The van der Waals surface area contributed by atoms with Gasteiger partial charge >= 0.3 is 0 Å². The Balaban J connectivity index is 3.40. The van der Waals surface area contributed by atoms with Crippen LogP contribution in [0.3, 0.4) is 0 Å². The normalized spacial score (nSPS) is 14.6. The van der Waals surface area contributed by atoms with Crippen LogP contribution in [-0.2, 0) is 10.2 Å². The average Bonchev–Trinajstić information content (AvgIpc) is 2.39. The summed E-state index contributed by atoms with van der Waals surface area (Å²) in [6, 6.07) is 6.41. The molecule has 1 heteroatoms. The molecule has 0 radical (unpaired) electrons. The Morgan fingerprint density at radius 1 is 1.20 bits per heavy atom. The molecule has 1 aromatic carbocycles. The summed E-state index contributed by atoms with van der Waals surface area (Å²) in [5, 5.41) is 0. The van der Waals surface area contributed by atoms with Gasteiger partial charge in [-0.2, -0.15) is 0 Å². The van der Waals surface area contributed by atoms with E-state index >= 15 is 0 Å². The fraction of sp³-hybridized carbons (Fsp3) is 0.421. The van der Waals surface area contributed by atoms with E-state index in [9.17, 15) is 4.79 Å². The first-order valence-corrected chi connectivity index (χ1v) is 7.15. The largest absolute Gasteiger partial charge is 0.298 e. The maximum atomic E-state index is 11.0. The van der Waals surface area contributed by atoms with Crippen molar-refractivity contribution in [2.75, 3.05) is 0 Å². The monoisotopic (exact) mass is 270 g/mol. The first-order chi connectivity index (χ1) is 9.30. The van der Waals surface area contributed by atoms with Gasteiger partial charge in [0, 0.05) is 5.41 Å². The maximum Gasteiger partial charge on any atom is 0.145 e. The van der Waals surface area contributed by atoms with Crippen LogP contribution in [0.15, 0.2) is 41.5 Å². The van der Waals surface area contributed by atoms with Crippen molar-refractivity contribution in [1.29, 1.82) is 0 Å². The van der Waals surface area contributed by atoms with Gasteiger partial charge in [0.2, 0.25) is 0 Å². The Bertz CT molecular complexity index is 545. The number of allylic oxidation sites excluding steroid dienone is 4. The zero-order chi connectivity index (χ0) is 15.3. The lowest BCUT2D eigenvalue weighted by molar-refractivity contribution is -0.104. The van der Waals surface area contributed by atoms with Crippen LogP contribution >= 0.6 is 0 Å². The molecule has 1 aromatic rings. The van der Waals surface area contributed by atoms with Crippen molar-refractivity contribution in [3.8, 4) is 0 Å². The van der Waals surface area contributed by atoms with E-state index in [2.05, 4.69) is 65.0 Å². The van der Waals surface area contributed by atoms with Crippen molar-refractivity contribution in [3.05, 3.63) is 58.2 Å². The van der Waals surface area contributed by atoms with Crippen LogP contribution in [0, 0.1) is 13.8 Å². The van der Waals surface area contributed by atoms with E-state index in [1.54, 1.807) is 0 Å². The second kappa shape index (κ2) is 6.69. The van der Waals surface area contributed by atoms with Gasteiger partial charge in [-0.05, 0) is 63.3 Å². The van der Waals surface area contributed by atoms with Gasteiger partial charge in [0.15, 0.2) is 0 Å². The molecule has 0 heterocycles. The highest BCUT2D eigenvalue weighted by Gasteiger charge is 2.25. The highest BCUT2D eigenvalue weighted by Crippen LogP contribution is 2.34. The Labute approximate surface area is 123 Å². The Morgan fingerprint density at radius 3 is 2.40 bits per heavy atom. The van der Waals surface area contributed by atoms with E-state index in [-0.39, 0.29) is 5.41 Å². The minimum absolute atomic E-state index is 0.141. The molecule has 0 aromatic heterocycles. The molecule has 0 N–H and O–H groups in total. The molecule has 108 valence electrons. The highest BCUT2D eigenvalue weighted by molar-refractivity contribution is 5.72. The Morgan fingerprint density at radius 2 is 1.85 bits per heavy atom. The number of aldehydes is 1. The van der Waals surface area contributed by atoms with Crippen molar-refractivity contribution in [1.82, 2.24) is 0 Å². The molecule has 0 spiro atoms. The number of hydrogen-bond donors (Lipinski definition) is 0. The second-order valence-electron chi connectivity index (χ2n) is 6.16. The average molecular weight is 270 g/mol. The zero-order valence-electron chi connectivity index (χ0n) is 13.6. The van der Waals surface area contributed by atoms with E-state index in [0.29, 0.717) is 0 Å². The SMILES string of the molecule is CC(C)=CCC(C)(/C=C(\C)C=O)c1cccc(C)c1C. The van der Waals surface area contributed by atoms with Crippen LogP contribution in [-0.4, -0.2) is 6.29 Å². The van der Waals surface area contributed by atoms with Gasteiger partial charge in [0.05, 0.1) is 0 Å². The van der Waals surface area contributed by atoms with Crippen molar-refractivity contribution in [3.63, 3.8) is 0 Å². The topological polar surface area (TPSA) is 17.1 Å². The van der Waals surface area contributed by atoms with Gasteiger partial charge in [0.25, 0.3) is 0 Å². The molecule has 0 aliphatic carbocycles. The van der Waals surface area contributed by atoms with E-state index in [0.717, 1.165) is 18.3 Å². The molecule has 0 aliphatic rings. The van der Waals surface area contributed by atoms with Crippen molar-refractivity contribution >= 4 is 6.29 Å². The number of carbonyl (C=O) groups excluding carboxylic acids is 1. The van der Waals surface area contributed by atoms with Crippen LogP contribution < -0.4 is 0 Å². The summed E-state index contributed by atoms with van der Waals surface area (Å²) >= 11 is 0. The molecular weight excluding hydrogens is 244 g/mol. The number of carbonyl (C=O) groups is 1. The highest BCUT2D eigenvalue weighted by atomic mass is 16.1. The van der Waals surface area contributed by atoms with E-state index in [1.807, 2.05) is 6.92 Å². The lowest BCUT2D eigenvalue weighted by atomic mass is 9.75. The third-order valence-corrected chi connectivity index (χ3v) is 3.89. The second-order valence-corrected chi connectivity index (χ2v) is 6.16. The third-order valence-electron chi connectivity index (χ3n) is 3.89. The number of rotatable bonds is 5. The summed E-state index contributed by atoms with van der Waals surface area (Å²) in [4.78, 5) is 11.0. The number of benzene rings is 1. The van der Waals surface area contributed by atoms with Crippen LogP contribution in [0.1, 0.15) is 50.8 Å². The quantitative estimate of drug-likeness (QED) is 0.415. The van der Waals surface area contributed by atoms with Crippen molar-refractivity contribution < 1.29 is 4.79 Å². The summed E-state index contributed by atoms with van der Waals surface area (Å²) in [5.74, 6) is 0. The van der Waals surface area contributed by atoms with Gasteiger partial charge in [-0.3, -0.25) is 4.79 Å². The molecule has 0 saturated heterocycles. The fourth-order valence-electron chi connectivity index (χ4n) is 2.57. The number of hydrogen-bond acceptors (Lipinski definition) is 1. The predicted octanol–water partition coefficient (Wildman–Crippen LogP) is 5.06. The van der Waals surface area contributed by atoms with E-state index in [1.165, 1.54) is 22.3 Å². The van der Waals surface area contributed by atoms with Crippen LogP contribution in [0.5, 0.6) is 0 Å². The van der Waals surface area contributed by atoms with Crippen molar-refractivity contribution in [2.24, 2.45) is 0 Å². The van der Waals surface area contributed by atoms with E-state index in [4.69, 9.17) is 0 Å². The maximum absolute atomic E-state index is 11.0. The summed E-state index contributed by atoms with van der Waals surface area (Å²) in [5.41, 5.74) is 5.86. The minimum atomic E-state index is -0.141. The Hall–Kier alpha value is -1.63. The van der Waals surface area contributed by atoms with Crippen LogP contribution in [0.2, 0.25) is 0 Å². The van der Waals surface area contributed by atoms with Gasteiger partial charge in [-0.15, -0.1) is 0 Å². The lowest BCUT2D eigenvalue weighted by Gasteiger charge is -2.29. The molecule has 0 fully saturated rings. The minimum Gasteiger partial charge on any atom is -0.298 e. The number of aryl methyl sites for hydroxylation is 1. The molecule has 1 atom stereocenters. The smallest absolute Gasteiger partial charge is 0.145 e. The first-order valence-electron chi connectivity index (χ1n) is 7.15. The van der Waals surface area contributed by atoms with E-state index < -0.39 is 0 Å². The Kier molecular flexibility index (Phi) is 5.50. The molecule has 0 aliphatic heterocycles. The molecule has 1 unspecified atom stereocenters. The molecule has 0 bridgehead atoms. The summed E-state index contributed by atoms with van der Waals surface area (Å²) in [7, 11) is 0. The summed E-state index contributed by atoms with van der Waals surface area (Å²) in [6.07, 6.45) is 6.19. The molecule has 1 rings (SSSR count).